The summed E-state index contributed by atoms with van der Waals surface area (Å²) < 4.78 is 0. The average molecular weight is 277 g/mol. The molecule has 3 rings (SSSR count). The summed E-state index contributed by atoms with van der Waals surface area (Å²) in [7, 11) is 0. The van der Waals surface area contributed by atoms with Crippen molar-refractivity contribution in [2.24, 2.45) is 0 Å². The van der Waals surface area contributed by atoms with E-state index >= 15 is 0 Å². The molecule has 0 aliphatic rings. The largest absolute Gasteiger partial charge is 0.354 e. The Bertz CT molecular complexity index is 740. The number of nitrogens with zero attached hydrogens (tertiary/aromatic N) is 2. The van der Waals surface area contributed by atoms with Gasteiger partial charge < -0.3 is 5.32 Å². The number of nitrogens with one attached hydrogen (secondary N) is 1. The number of rotatable bonds is 3. The summed E-state index contributed by atoms with van der Waals surface area (Å²) >= 11 is 1.67. The first-order valence-electron chi connectivity index (χ1n) is 6.10. The Hall–Kier alpha value is -2.64. The third kappa shape index (κ3) is 2.68. The lowest BCUT2D eigenvalue weighted by molar-refractivity contribution is 1.32. The highest BCUT2D eigenvalue weighted by Crippen LogP contribution is 2.25. The van der Waals surface area contributed by atoms with Gasteiger partial charge in [0.15, 0.2) is 0 Å². The third-order valence-corrected chi connectivity index (χ3v) is 3.58. The van der Waals surface area contributed by atoms with Gasteiger partial charge in [0.2, 0.25) is 0 Å². The maximum Gasteiger partial charge on any atom is 0.0991 e. The number of nitriles is 1. The standard InChI is InChI=1S/C16H11N3S/c17-8-12-1-3-15(4-2-12)19-16-7-14(9-18-10-16)13-5-6-20-11-13/h1-7,9-11,19H. The lowest BCUT2D eigenvalue weighted by Crippen LogP contribution is -1.91. The van der Waals surface area contributed by atoms with Crippen LogP contribution in [-0.4, -0.2) is 4.98 Å². The molecule has 1 N–H and O–H groups in total. The minimum atomic E-state index is 0.653. The number of aromatic nitrogens is 1. The highest BCUT2D eigenvalue weighted by Gasteiger charge is 2.01. The molecule has 0 aliphatic carbocycles. The number of hydrogen-bond acceptors (Lipinski definition) is 4. The van der Waals surface area contributed by atoms with Gasteiger partial charge in [0.25, 0.3) is 0 Å². The van der Waals surface area contributed by atoms with Crippen LogP contribution in [0.15, 0.2) is 59.6 Å². The molecule has 0 saturated heterocycles. The number of hydrogen-bond donors (Lipinski definition) is 1. The molecule has 20 heavy (non-hydrogen) atoms. The van der Waals surface area contributed by atoms with E-state index in [1.165, 1.54) is 5.56 Å². The molecule has 0 aliphatic heterocycles. The quantitative estimate of drug-likeness (QED) is 0.770. The van der Waals surface area contributed by atoms with Crippen LogP contribution in [0.5, 0.6) is 0 Å². The molecule has 0 amide bonds. The van der Waals surface area contributed by atoms with Gasteiger partial charge in [0.05, 0.1) is 23.5 Å². The molecule has 1 aromatic carbocycles. The van der Waals surface area contributed by atoms with Crippen LogP contribution in [0.4, 0.5) is 11.4 Å². The zero-order valence-electron chi connectivity index (χ0n) is 10.6. The molecule has 0 bridgehead atoms. The van der Waals surface area contributed by atoms with Gasteiger partial charge in [-0.1, -0.05) is 0 Å². The Morgan fingerprint density at radius 1 is 1.00 bits per heavy atom. The van der Waals surface area contributed by atoms with Crippen molar-refractivity contribution >= 4 is 22.7 Å². The van der Waals surface area contributed by atoms with E-state index in [0.717, 1.165) is 16.9 Å². The van der Waals surface area contributed by atoms with E-state index in [1.54, 1.807) is 29.7 Å². The van der Waals surface area contributed by atoms with E-state index in [2.05, 4.69) is 39.3 Å². The fourth-order valence-electron chi connectivity index (χ4n) is 1.89. The molecule has 0 fully saturated rings. The lowest BCUT2D eigenvalue weighted by Gasteiger charge is -2.07. The summed E-state index contributed by atoms with van der Waals surface area (Å²) in [4.78, 5) is 4.26. The smallest absolute Gasteiger partial charge is 0.0991 e. The van der Waals surface area contributed by atoms with Crippen LogP contribution >= 0.6 is 11.3 Å². The zero-order valence-corrected chi connectivity index (χ0v) is 11.4. The van der Waals surface area contributed by atoms with Gasteiger partial charge in [0.1, 0.15) is 0 Å². The summed E-state index contributed by atoms with van der Waals surface area (Å²) in [6.45, 7) is 0. The van der Waals surface area contributed by atoms with Gasteiger partial charge in [-0.2, -0.15) is 16.6 Å². The highest BCUT2D eigenvalue weighted by atomic mass is 32.1. The summed E-state index contributed by atoms with van der Waals surface area (Å²) in [5, 5.41) is 16.2. The molecule has 0 saturated carbocycles. The van der Waals surface area contributed by atoms with Gasteiger partial charge in [-0.15, -0.1) is 0 Å². The fourth-order valence-corrected chi connectivity index (χ4v) is 2.55. The second kappa shape index (κ2) is 5.55. The number of pyridine rings is 1. The first-order valence-corrected chi connectivity index (χ1v) is 7.04. The van der Waals surface area contributed by atoms with Crippen molar-refractivity contribution in [1.29, 1.82) is 5.26 Å². The van der Waals surface area contributed by atoms with E-state index in [9.17, 15) is 0 Å². The first kappa shape index (κ1) is 12.4. The maximum atomic E-state index is 8.78. The minimum Gasteiger partial charge on any atom is -0.354 e. The van der Waals surface area contributed by atoms with Gasteiger partial charge in [-0.25, -0.2) is 0 Å². The average Bonchev–Trinajstić information content (AvgIpc) is 3.03. The zero-order chi connectivity index (χ0) is 13.8. The Morgan fingerprint density at radius 3 is 2.55 bits per heavy atom. The SMILES string of the molecule is N#Cc1ccc(Nc2cncc(-c3ccsc3)c2)cc1. The topological polar surface area (TPSA) is 48.7 Å². The molecule has 4 heteroatoms. The number of thiophene rings is 1. The van der Waals surface area contributed by atoms with E-state index in [0.29, 0.717) is 5.56 Å². The van der Waals surface area contributed by atoms with E-state index in [1.807, 2.05) is 18.3 Å². The van der Waals surface area contributed by atoms with Gasteiger partial charge >= 0.3 is 0 Å². The molecule has 3 aromatic rings. The Labute approximate surface area is 121 Å². The number of benzene rings is 1. The van der Waals surface area contributed by atoms with E-state index in [4.69, 9.17) is 5.26 Å². The van der Waals surface area contributed by atoms with Crippen LogP contribution in [0.3, 0.4) is 0 Å². The van der Waals surface area contributed by atoms with Crippen molar-refractivity contribution in [1.82, 2.24) is 4.98 Å². The molecule has 2 aromatic heterocycles. The van der Waals surface area contributed by atoms with Crippen LogP contribution in [0.25, 0.3) is 11.1 Å². The summed E-state index contributed by atoms with van der Waals surface area (Å²) in [6.07, 6.45) is 3.64. The molecular weight excluding hydrogens is 266 g/mol. The molecule has 0 unspecified atom stereocenters. The van der Waals surface area contributed by atoms with E-state index < -0.39 is 0 Å². The minimum absolute atomic E-state index is 0.653. The maximum absolute atomic E-state index is 8.78. The van der Waals surface area contributed by atoms with Crippen molar-refractivity contribution in [2.45, 2.75) is 0 Å². The predicted octanol–water partition coefficient (Wildman–Crippen LogP) is 4.43. The Balaban J connectivity index is 1.84. The summed E-state index contributed by atoms with van der Waals surface area (Å²) in [6, 6.07) is 13.6. The molecule has 0 radical (unpaired) electrons. The fraction of sp³-hybridized carbons (Fsp3) is 0. The Morgan fingerprint density at radius 2 is 1.85 bits per heavy atom. The van der Waals surface area contributed by atoms with Crippen molar-refractivity contribution in [3.05, 3.63) is 65.1 Å². The molecule has 0 spiro atoms. The van der Waals surface area contributed by atoms with Crippen molar-refractivity contribution < 1.29 is 0 Å². The molecule has 2 heterocycles. The van der Waals surface area contributed by atoms with Gasteiger partial charge in [0, 0.05) is 17.4 Å². The van der Waals surface area contributed by atoms with Crippen LogP contribution in [0.2, 0.25) is 0 Å². The highest BCUT2D eigenvalue weighted by molar-refractivity contribution is 7.08. The van der Waals surface area contributed by atoms with Crippen molar-refractivity contribution in [3.8, 4) is 17.2 Å². The van der Waals surface area contributed by atoms with Crippen molar-refractivity contribution in [2.75, 3.05) is 5.32 Å². The van der Waals surface area contributed by atoms with Crippen LogP contribution in [0, 0.1) is 11.3 Å². The molecule has 96 valence electrons. The van der Waals surface area contributed by atoms with Gasteiger partial charge in [-0.05, 0) is 52.7 Å². The van der Waals surface area contributed by atoms with Crippen LogP contribution in [0.1, 0.15) is 5.56 Å². The van der Waals surface area contributed by atoms with Crippen molar-refractivity contribution in [3.63, 3.8) is 0 Å². The van der Waals surface area contributed by atoms with Gasteiger partial charge in [-0.3, -0.25) is 4.98 Å². The summed E-state index contributed by atoms with van der Waals surface area (Å²) in [5.41, 5.74) is 4.78. The third-order valence-electron chi connectivity index (χ3n) is 2.90. The monoisotopic (exact) mass is 277 g/mol. The summed E-state index contributed by atoms with van der Waals surface area (Å²) in [5.74, 6) is 0. The molecule has 3 nitrogen and oxygen atoms in total. The Kier molecular flexibility index (Phi) is 3.44. The van der Waals surface area contributed by atoms with E-state index in [-0.39, 0.29) is 0 Å². The van der Waals surface area contributed by atoms with Crippen LogP contribution < -0.4 is 5.32 Å². The second-order valence-electron chi connectivity index (χ2n) is 4.29. The number of anilines is 2. The molecule has 0 atom stereocenters. The van der Waals surface area contributed by atoms with Crippen LogP contribution in [-0.2, 0) is 0 Å². The first-order chi connectivity index (χ1) is 9.85. The second-order valence-corrected chi connectivity index (χ2v) is 5.07. The predicted molar refractivity (Wildman–Crippen MR) is 82.0 cm³/mol. The normalized spacial score (nSPS) is 9.95. The lowest BCUT2D eigenvalue weighted by atomic mass is 10.1. The molecular formula is C16H11N3S.